The Balaban J connectivity index is 2.10. The van der Waals surface area contributed by atoms with E-state index < -0.39 is 0 Å². The van der Waals surface area contributed by atoms with Crippen molar-refractivity contribution in [2.24, 2.45) is 0 Å². The molecule has 0 aliphatic heterocycles. The van der Waals surface area contributed by atoms with Gasteiger partial charge >= 0.3 is 0 Å². The summed E-state index contributed by atoms with van der Waals surface area (Å²) >= 11 is 0. The monoisotopic (exact) mass is 233 g/mol. The van der Waals surface area contributed by atoms with Gasteiger partial charge in [0.25, 0.3) is 0 Å². The van der Waals surface area contributed by atoms with Crippen LogP contribution >= 0.6 is 0 Å². The number of imidazole rings is 1. The number of hydrogen-bond donors (Lipinski definition) is 2. The standard InChI is InChI=1S/C13H16FN3/c1-9(2)15-7-12-8-16-13(17-12)10-3-5-11(14)6-4-10/h3-6,8-9,15H,7H2,1-2H3,(H,16,17). The van der Waals surface area contributed by atoms with E-state index in [9.17, 15) is 4.39 Å². The third-order valence-corrected chi connectivity index (χ3v) is 2.45. The maximum atomic E-state index is 12.8. The third-order valence-electron chi connectivity index (χ3n) is 2.45. The normalized spacial score (nSPS) is 11.1. The molecule has 0 spiro atoms. The maximum Gasteiger partial charge on any atom is 0.137 e. The molecule has 2 N–H and O–H groups in total. The molecule has 0 saturated heterocycles. The summed E-state index contributed by atoms with van der Waals surface area (Å²) in [6.45, 7) is 4.94. The highest BCUT2D eigenvalue weighted by atomic mass is 19.1. The Morgan fingerprint density at radius 3 is 2.65 bits per heavy atom. The van der Waals surface area contributed by atoms with E-state index in [0.29, 0.717) is 6.04 Å². The molecular formula is C13H16FN3. The minimum absolute atomic E-state index is 0.234. The van der Waals surface area contributed by atoms with Crippen molar-refractivity contribution in [3.8, 4) is 11.4 Å². The number of benzene rings is 1. The first-order chi connectivity index (χ1) is 8.15. The molecular weight excluding hydrogens is 217 g/mol. The van der Waals surface area contributed by atoms with Gasteiger partial charge in [0.2, 0.25) is 0 Å². The molecule has 0 bridgehead atoms. The van der Waals surface area contributed by atoms with Crippen molar-refractivity contribution in [2.45, 2.75) is 26.4 Å². The van der Waals surface area contributed by atoms with Gasteiger partial charge in [0.15, 0.2) is 0 Å². The van der Waals surface area contributed by atoms with Crippen LogP contribution in [0, 0.1) is 5.82 Å². The average Bonchev–Trinajstić information content (AvgIpc) is 2.76. The molecule has 17 heavy (non-hydrogen) atoms. The summed E-state index contributed by atoms with van der Waals surface area (Å²) in [4.78, 5) is 7.48. The molecule has 0 radical (unpaired) electrons. The first kappa shape index (κ1) is 11.8. The molecule has 0 aliphatic carbocycles. The fourth-order valence-corrected chi connectivity index (χ4v) is 1.52. The quantitative estimate of drug-likeness (QED) is 0.852. The number of hydrogen-bond acceptors (Lipinski definition) is 2. The summed E-state index contributed by atoms with van der Waals surface area (Å²) < 4.78 is 12.8. The molecule has 1 aromatic carbocycles. The van der Waals surface area contributed by atoms with E-state index in [1.54, 1.807) is 18.3 Å². The van der Waals surface area contributed by atoms with Crippen LogP contribution in [0.5, 0.6) is 0 Å². The molecule has 0 aliphatic rings. The van der Waals surface area contributed by atoms with Crippen LogP contribution in [-0.2, 0) is 6.54 Å². The Kier molecular flexibility index (Phi) is 3.54. The Morgan fingerprint density at radius 2 is 2.00 bits per heavy atom. The van der Waals surface area contributed by atoms with Crippen molar-refractivity contribution in [1.29, 1.82) is 0 Å². The highest BCUT2D eigenvalue weighted by Gasteiger charge is 2.04. The van der Waals surface area contributed by atoms with E-state index in [1.165, 1.54) is 12.1 Å². The van der Waals surface area contributed by atoms with Gasteiger partial charge in [0.05, 0.1) is 0 Å². The first-order valence-corrected chi connectivity index (χ1v) is 5.68. The summed E-state index contributed by atoms with van der Waals surface area (Å²) in [7, 11) is 0. The predicted octanol–water partition coefficient (Wildman–Crippen LogP) is 2.71. The van der Waals surface area contributed by atoms with E-state index in [-0.39, 0.29) is 5.82 Å². The lowest BCUT2D eigenvalue weighted by Crippen LogP contribution is -2.21. The Hall–Kier alpha value is -1.68. The Labute approximate surface area is 100 Å². The summed E-state index contributed by atoms with van der Waals surface area (Å²) in [6, 6.07) is 6.74. The number of H-pyrrole nitrogens is 1. The van der Waals surface area contributed by atoms with Gasteiger partial charge in [0.1, 0.15) is 11.6 Å². The summed E-state index contributed by atoms with van der Waals surface area (Å²) in [6.07, 6.45) is 1.80. The van der Waals surface area contributed by atoms with Crippen LogP contribution < -0.4 is 5.32 Å². The fourth-order valence-electron chi connectivity index (χ4n) is 1.52. The molecule has 0 atom stereocenters. The second kappa shape index (κ2) is 5.10. The van der Waals surface area contributed by atoms with Crippen LogP contribution in [0.2, 0.25) is 0 Å². The van der Waals surface area contributed by atoms with Gasteiger partial charge < -0.3 is 10.3 Å². The van der Waals surface area contributed by atoms with Crippen molar-refractivity contribution in [3.05, 3.63) is 42.0 Å². The minimum Gasteiger partial charge on any atom is -0.341 e. The van der Waals surface area contributed by atoms with Crippen molar-refractivity contribution in [3.63, 3.8) is 0 Å². The van der Waals surface area contributed by atoms with Crippen LogP contribution in [0.1, 0.15) is 19.5 Å². The number of rotatable bonds is 4. The lowest BCUT2D eigenvalue weighted by atomic mass is 10.2. The van der Waals surface area contributed by atoms with Crippen molar-refractivity contribution in [2.75, 3.05) is 0 Å². The third kappa shape index (κ3) is 3.14. The van der Waals surface area contributed by atoms with Gasteiger partial charge in [-0.1, -0.05) is 13.8 Å². The topological polar surface area (TPSA) is 40.7 Å². The van der Waals surface area contributed by atoms with Gasteiger partial charge in [-0.15, -0.1) is 0 Å². The van der Waals surface area contributed by atoms with Crippen LogP contribution in [0.25, 0.3) is 11.4 Å². The number of nitrogens with one attached hydrogen (secondary N) is 2. The van der Waals surface area contributed by atoms with Gasteiger partial charge in [-0.05, 0) is 24.3 Å². The highest BCUT2D eigenvalue weighted by Crippen LogP contribution is 2.15. The lowest BCUT2D eigenvalue weighted by Gasteiger charge is -2.05. The van der Waals surface area contributed by atoms with Crippen molar-refractivity contribution >= 4 is 0 Å². The van der Waals surface area contributed by atoms with Crippen molar-refractivity contribution in [1.82, 2.24) is 15.3 Å². The SMILES string of the molecule is CC(C)NCc1cnc(-c2ccc(F)cc2)[nH]1. The van der Waals surface area contributed by atoms with Gasteiger partial charge in [-0.2, -0.15) is 0 Å². The van der Waals surface area contributed by atoms with E-state index in [4.69, 9.17) is 0 Å². The zero-order valence-corrected chi connectivity index (χ0v) is 10.00. The Bertz CT molecular complexity index is 474. The first-order valence-electron chi connectivity index (χ1n) is 5.68. The molecule has 3 nitrogen and oxygen atoms in total. The van der Waals surface area contributed by atoms with E-state index >= 15 is 0 Å². The smallest absolute Gasteiger partial charge is 0.137 e. The molecule has 0 unspecified atom stereocenters. The lowest BCUT2D eigenvalue weighted by molar-refractivity contribution is 0.583. The maximum absolute atomic E-state index is 12.8. The van der Waals surface area contributed by atoms with Gasteiger partial charge in [0, 0.05) is 30.0 Å². The second-order valence-corrected chi connectivity index (χ2v) is 4.30. The number of halogens is 1. The van der Waals surface area contributed by atoms with Crippen LogP contribution in [0.3, 0.4) is 0 Å². The van der Waals surface area contributed by atoms with E-state index in [0.717, 1.165) is 23.6 Å². The molecule has 0 fully saturated rings. The molecule has 0 saturated carbocycles. The molecule has 2 rings (SSSR count). The molecule has 4 heteroatoms. The average molecular weight is 233 g/mol. The summed E-state index contributed by atoms with van der Waals surface area (Å²) in [5, 5.41) is 3.30. The number of nitrogens with zero attached hydrogens (tertiary/aromatic N) is 1. The van der Waals surface area contributed by atoms with Crippen LogP contribution in [0.4, 0.5) is 4.39 Å². The second-order valence-electron chi connectivity index (χ2n) is 4.30. The molecule has 1 heterocycles. The Morgan fingerprint density at radius 1 is 1.29 bits per heavy atom. The summed E-state index contributed by atoms with van der Waals surface area (Å²) in [5.74, 6) is 0.535. The number of aromatic nitrogens is 2. The molecule has 1 aromatic heterocycles. The zero-order valence-electron chi connectivity index (χ0n) is 10.00. The fraction of sp³-hybridized carbons (Fsp3) is 0.308. The largest absolute Gasteiger partial charge is 0.341 e. The number of aromatic amines is 1. The minimum atomic E-state index is -0.234. The molecule has 0 amide bonds. The highest BCUT2D eigenvalue weighted by molar-refractivity contribution is 5.54. The zero-order chi connectivity index (χ0) is 12.3. The summed E-state index contributed by atoms with van der Waals surface area (Å²) in [5.41, 5.74) is 1.92. The van der Waals surface area contributed by atoms with E-state index in [1.807, 2.05) is 0 Å². The van der Waals surface area contributed by atoms with Crippen LogP contribution in [-0.4, -0.2) is 16.0 Å². The van der Waals surface area contributed by atoms with E-state index in [2.05, 4.69) is 29.1 Å². The molecule has 2 aromatic rings. The van der Waals surface area contributed by atoms with Gasteiger partial charge in [-0.3, -0.25) is 0 Å². The van der Waals surface area contributed by atoms with Crippen molar-refractivity contribution < 1.29 is 4.39 Å². The van der Waals surface area contributed by atoms with Crippen LogP contribution in [0.15, 0.2) is 30.5 Å². The molecule has 90 valence electrons. The predicted molar refractivity (Wildman–Crippen MR) is 66.0 cm³/mol. The van der Waals surface area contributed by atoms with Gasteiger partial charge in [-0.25, -0.2) is 9.37 Å².